The first-order valence-electron chi connectivity index (χ1n) is 9.57. The Balaban J connectivity index is 2.04. The van der Waals surface area contributed by atoms with Gasteiger partial charge in [0.05, 0.1) is 10.5 Å². The van der Waals surface area contributed by atoms with Gasteiger partial charge in [-0.15, -0.1) is 0 Å². The van der Waals surface area contributed by atoms with Crippen molar-refractivity contribution in [3.63, 3.8) is 0 Å². The number of hydrogen-bond acceptors (Lipinski definition) is 3. The van der Waals surface area contributed by atoms with Gasteiger partial charge in [0.15, 0.2) is 11.6 Å². The van der Waals surface area contributed by atoms with E-state index < -0.39 is 40.8 Å². The molecule has 0 aliphatic heterocycles. The van der Waals surface area contributed by atoms with E-state index in [9.17, 15) is 14.0 Å². The number of aromatic amines is 1. The lowest BCUT2D eigenvalue weighted by Gasteiger charge is -2.27. The number of aryl methyl sites for hydroxylation is 1. The van der Waals surface area contributed by atoms with Crippen LogP contribution in [0, 0.1) is 18.6 Å². The number of alkyl carbamates (subject to hydrolysis) is 1. The lowest BCUT2D eigenvalue weighted by Crippen LogP contribution is -2.42. The summed E-state index contributed by atoms with van der Waals surface area (Å²) < 4.78 is 35.4. The van der Waals surface area contributed by atoms with Gasteiger partial charge in [-0.3, -0.25) is 4.79 Å². The molecule has 1 aromatic heterocycles. The van der Waals surface area contributed by atoms with Crippen LogP contribution in [0.25, 0.3) is 16.5 Å². The molecule has 2 aromatic rings. The van der Waals surface area contributed by atoms with Gasteiger partial charge in [0.2, 0.25) is 0 Å². The van der Waals surface area contributed by atoms with Crippen molar-refractivity contribution >= 4 is 40.1 Å². The fourth-order valence-electron chi connectivity index (χ4n) is 3.66. The number of primary amides is 1. The van der Waals surface area contributed by atoms with Gasteiger partial charge < -0.3 is 20.8 Å². The van der Waals surface area contributed by atoms with E-state index in [1.165, 1.54) is 0 Å². The molecule has 0 radical (unpaired) electrons. The highest BCUT2D eigenvalue weighted by Gasteiger charge is 2.31. The molecule has 1 aliphatic carbocycles. The van der Waals surface area contributed by atoms with Gasteiger partial charge in [0, 0.05) is 28.6 Å². The maximum atomic E-state index is 15.1. The van der Waals surface area contributed by atoms with Crippen LogP contribution < -0.4 is 11.1 Å². The van der Waals surface area contributed by atoms with Gasteiger partial charge >= 0.3 is 6.09 Å². The normalized spacial score (nSPS) is 17.0. The van der Waals surface area contributed by atoms with Crippen LogP contribution in [-0.2, 0) is 4.74 Å². The number of H-pyrrole nitrogens is 1. The number of aromatic nitrogens is 1. The highest BCUT2D eigenvalue weighted by molar-refractivity contribution is 6.37. The molecule has 0 saturated carbocycles. The van der Waals surface area contributed by atoms with Crippen molar-refractivity contribution in [2.24, 2.45) is 5.73 Å². The molecule has 1 aliphatic rings. The third kappa shape index (κ3) is 4.14. The summed E-state index contributed by atoms with van der Waals surface area (Å²) in [5, 5.41) is 3.08. The molecule has 3 rings (SSSR count). The minimum atomic E-state index is -1.34. The maximum absolute atomic E-state index is 15.1. The lowest BCUT2D eigenvalue weighted by atomic mass is 9.88. The van der Waals surface area contributed by atoms with Gasteiger partial charge in [-0.05, 0) is 46.1 Å². The van der Waals surface area contributed by atoms with Crippen molar-refractivity contribution in [2.75, 3.05) is 0 Å². The Kier molecular flexibility index (Phi) is 5.82. The summed E-state index contributed by atoms with van der Waals surface area (Å²) in [5.41, 5.74) is 5.14. The van der Waals surface area contributed by atoms with Crippen LogP contribution in [0.1, 0.15) is 61.6 Å². The van der Waals surface area contributed by atoms with Gasteiger partial charge in [0.25, 0.3) is 5.91 Å². The largest absolute Gasteiger partial charge is 0.446 e. The number of ether oxygens (including phenoxy) is 1. The lowest BCUT2D eigenvalue weighted by molar-refractivity contribution is 0.0876. The zero-order valence-electron chi connectivity index (χ0n) is 17.2. The van der Waals surface area contributed by atoms with Gasteiger partial charge in [-0.1, -0.05) is 17.7 Å². The van der Waals surface area contributed by atoms with Crippen molar-refractivity contribution in [1.82, 2.24) is 10.3 Å². The molecule has 2 amide bonds. The van der Waals surface area contributed by atoms with Crippen LogP contribution in [-0.4, -0.2) is 28.6 Å². The van der Waals surface area contributed by atoms with Crippen molar-refractivity contribution in [2.45, 2.75) is 58.6 Å². The first-order chi connectivity index (χ1) is 13.9. The summed E-state index contributed by atoms with van der Waals surface area (Å²) >= 11 is 6.37. The molecule has 0 spiro atoms. The van der Waals surface area contributed by atoms with E-state index in [0.29, 0.717) is 24.1 Å². The number of benzene rings is 1. The average molecular weight is 440 g/mol. The Morgan fingerprint density at radius 3 is 2.57 bits per heavy atom. The van der Waals surface area contributed by atoms with E-state index in [2.05, 4.69) is 10.3 Å². The quantitative estimate of drug-likeness (QED) is 0.630. The summed E-state index contributed by atoms with van der Waals surface area (Å²) in [6.45, 7) is 7.11. The smallest absolute Gasteiger partial charge is 0.407 e. The Morgan fingerprint density at radius 1 is 1.30 bits per heavy atom. The highest BCUT2D eigenvalue weighted by Crippen LogP contribution is 2.41. The molecule has 30 heavy (non-hydrogen) atoms. The van der Waals surface area contributed by atoms with Crippen molar-refractivity contribution in [3.8, 4) is 0 Å². The number of halogens is 3. The summed E-state index contributed by atoms with van der Waals surface area (Å²) in [6.07, 6.45) is 1.91. The topological polar surface area (TPSA) is 97.2 Å². The predicted molar refractivity (Wildman–Crippen MR) is 111 cm³/mol. The Hall–Kier alpha value is -2.61. The predicted octanol–water partition coefficient (Wildman–Crippen LogP) is 4.97. The maximum Gasteiger partial charge on any atom is 0.407 e. The van der Waals surface area contributed by atoms with Crippen LogP contribution in [0.3, 0.4) is 0 Å². The number of carbonyl (C=O) groups is 2. The fraction of sp³-hybridized carbons (Fsp3) is 0.429. The van der Waals surface area contributed by atoms with Gasteiger partial charge in [-0.25, -0.2) is 13.6 Å². The summed E-state index contributed by atoms with van der Waals surface area (Å²) in [4.78, 5) is 26.7. The van der Waals surface area contributed by atoms with E-state index in [-0.39, 0.29) is 27.9 Å². The number of hydrogen-bond donors (Lipinski definition) is 3. The molecule has 9 heteroatoms. The Bertz CT molecular complexity index is 1070. The molecule has 0 fully saturated rings. The molecule has 1 heterocycles. The number of amides is 2. The summed E-state index contributed by atoms with van der Waals surface area (Å²) in [7, 11) is 0. The molecule has 4 N–H and O–H groups in total. The van der Waals surface area contributed by atoms with Crippen molar-refractivity contribution < 1.29 is 23.1 Å². The molecule has 1 aromatic carbocycles. The van der Waals surface area contributed by atoms with E-state index in [1.54, 1.807) is 13.0 Å². The number of rotatable bonds is 3. The van der Waals surface area contributed by atoms with E-state index >= 15 is 4.39 Å². The van der Waals surface area contributed by atoms with Crippen LogP contribution >= 0.6 is 11.6 Å². The number of nitrogens with one attached hydrogen (secondary N) is 2. The molecule has 0 saturated heterocycles. The number of nitrogens with two attached hydrogens (primary N) is 1. The first kappa shape index (κ1) is 22.1. The van der Waals surface area contributed by atoms with Gasteiger partial charge in [0.1, 0.15) is 11.7 Å². The molecular formula is C21H24ClF2N3O3. The second kappa shape index (κ2) is 7.91. The second-order valence-corrected chi connectivity index (χ2v) is 8.85. The molecule has 1 atom stereocenters. The Labute approximate surface area is 177 Å². The molecule has 162 valence electrons. The molecule has 0 bridgehead atoms. The van der Waals surface area contributed by atoms with Gasteiger partial charge in [-0.2, -0.15) is 0 Å². The van der Waals surface area contributed by atoms with Crippen LogP contribution in [0.4, 0.5) is 13.6 Å². The van der Waals surface area contributed by atoms with Crippen LogP contribution in [0.15, 0.2) is 6.08 Å². The van der Waals surface area contributed by atoms with E-state index in [0.717, 1.165) is 0 Å². The van der Waals surface area contributed by atoms with E-state index in [4.69, 9.17) is 22.1 Å². The Morgan fingerprint density at radius 2 is 1.97 bits per heavy atom. The van der Waals surface area contributed by atoms with Crippen LogP contribution in [0.5, 0.6) is 0 Å². The summed E-state index contributed by atoms with van der Waals surface area (Å²) in [6, 6.07) is 0. The zero-order valence-corrected chi connectivity index (χ0v) is 18.0. The van der Waals surface area contributed by atoms with E-state index in [1.807, 2.05) is 20.8 Å². The SMILES string of the molecule is Cc1[nH]c2c(C(N)=O)c(F)c(F)c(C3=CCCC(OC(=O)NC(C)(C)C)C3)c2c1Cl. The number of fused-ring (bicyclic) bond motifs is 1. The first-order valence-corrected chi connectivity index (χ1v) is 9.95. The molecular weight excluding hydrogens is 416 g/mol. The van der Waals surface area contributed by atoms with Crippen LogP contribution in [0.2, 0.25) is 5.02 Å². The fourth-order valence-corrected chi connectivity index (χ4v) is 3.90. The summed E-state index contributed by atoms with van der Waals surface area (Å²) in [5.74, 6) is -3.64. The molecule has 1 unspecified atom stereocenters. The molecule has 6 nitrogen and oxygen atoms in total. The minimum Gasteiger partial charge on any atom is -0.446 e. The van der Waals surface area contributed by atoms with Crippen molar-refractivity contribution in [3.05, 3.63) is 39.6 Å². The zero-order chi connectivity index (χ0) is 22.4. The monoisotopic (exact) mass is 439 g/mol. The number of allylic oxidation sites excluding steroid dienone is 1. The third-order valence-electron chi connectivity index (χ3n) is 4.89. The highest BCUT2D eigenvalue weighted by atomic mass is 35.5. The average Bonchev–Trinajstić information content (AvgIpc) is 2.89. The minimum absolute atomic E-state index is 0.0494. The van der Waals surface area contributed by atoms with Crippen molar-refractivity contribution in [1.29, 1.82) is 0 Å². The number of carbonyl (C=O) groups excluding carboxylic acids is 2. The third-order valence-corrected chi connectivity index (χ3v) is 5.36. The standard InChI is InChI=1S/C21H24ClF2N3O3/c1-9-15(22)13-12(16(23)17(24)14(19(25)28)18(13)26-9)10-6-5-7-11(8-10)30-20(29)27-21(2,3)4/h6,11,26H,5,7-8H2,1-4H3,(H2,25,28)(H,27,29). The second-order valence-electron chi connectivity index (χ2n) is 8.47.